The number of rotatable bonds is 18. The molecule has 0 bridgehead atoms. The number of carbonyl (C=O) groups is 1. The number of unbranched alkanes of at least 4 members (excludes halogenated alkanes) is 11. The zero-order chi connectivity index (χ0) is 22.8. The number of nitrogens with one attached hydrogen (secondary N) is 1. The molecule has 1 unspecified atom stereocenters. The van der Waals surface area contributed by atoms with Crippen LogP contribution in [-0.4, -0.2) is 28.3 Å². The highest BCUT2D eigenvalue weighted by Crippen LogP contribution is 2.28. The fourth-order valence-electron chi connectivity index (χ4n) is 3.95. The molecular formula is C27H47NO3. The predicted octanol–water partition coefficient (Wildman–Crippen LogP) is 7.05. The molecule has 1 atom stereocenters. The molecule has 0 fully saturated rings. The average Bonchev–Trinajstić information content (AvgIpc) is 2.73. The van der Waals surface area contributed by atoms with Crippen molar-refractivity contribution >= 4 is 5.91 Å². The largest absolute Gasteiger partial charge is 0.509 e. The summed E-state index contributed by atoms with van der Waals surface area (Å²) in [5.41, 5.74) is -0.137. The summed E-state index contributed by atoms with van der Waals surface area (Å²) in [6.07, 6.45) is 26.2. The van der Waals surface area contributed by atoms with Crippen molar-refractivity contribution in [2.24, 2.45) is 0 Å². The Hall–Kier alpha value is -1.55. The van der Waals surface area contributed by atoms with Crippen molar-refractivity contribution < 1.29 is 15.0 Å². The highest BCUT2D eigenvalue weighted by Gasteiger charge is 2.29. The average molecular weight is 434 g/mol. The summed E-state index contributed by atoms with van der Waals surface area (Å²) in [6, 6.07) is 0. The van der Waals surface area contributed by atoms with Gasteiger partial charge in [-0.05, 0) is 51.5 Å². The SMILES string of the molecule is CCCCCCCC/C=C\CCCCCCCC(=O)NCCC1=CC=C(O)C(C)(O)C1. The third kappa shape index (κ3) is 14.2. The second-order valence-corrected chi connectivity index (χ2v) is 9.26. The molecule has 1 aliphatic carbocycles. The molecule has 178 valence electrons. The van der Waals surface area contributed by atoms with E-state index in [2.05, 4.69) is 24.4 Å². The molecule has 0 saturated heterocycles. The lowest BCUT2D eigenvalue weighted by Gasteiger charge is -2.27. The molecule has 31 heavy (non-hydrogen) atoms. The van der Waals surface area contributed by atoms with Gasteiger partial charge in [-0.25, -0.2) is 0 Å². The van der Waals surface area contributed by atoms with Crippen LogP contribution < -0.4 is 5.32 Å². The normalized spacial score (nSPS) is 18.8. The molecule has 1 aliphatic rings. The molecule has 0 heterocycles. The second-order valence-electron chi connectivity index (χ2n) is 9.26. The topological polar surface area (TPSA) is 69.6 Å². The maximum Gasteiger partial charge on any atom is 0.220 e. The van der Waals surface area contributed by atoms with Gasteiger partial charge in [-0.3, -0.25) is 4.79 Å². The maximum atomic E-state index is 12.0. The van der Waals surface area contributed by atoms with Gasteiger partial charge in [-0.2, -0.15) is 0 Å². The fourth-order valence-corrected chi connectivity index (χ4v) is 3.95. The molecule has 1 rings (SSSR count). The molecule has 0 aliphatic heterocycles. The van der Waals surface area contributed by atoms with Crippen LogP contribution in [0.3, 0.4) is 0 Å². The maximum absolute atomic E-state index is 12.0. The van der Waals surface area contributed by atoms with Crippen LogP contribution in [0.1, 0.15) is 117 Å². The van der Waals surface area contributed by atoms with Gasteiger partial charge in [0, 0.05) is 19.4 Å². The Morgan fingerprint density at radius 1 is 0.968 bits per heavy atom. The minimum atomic E-state index is -1.18. The standard InChI is InChI=1S/C27H47NO3/c1-3-4-5-6-7-8-9-10-11-12-13-14-15-16-17-18-26(30)28-22-21-24-19-20-25(29)27(2,31)23-24/h10-11,19-20,29,31H,3-9,12-18,21-23H2,1-2H3,(H,28,30)/b11-10-. The van der Waals surface area contributed by atoms with E-state index in [-0.39, 0.29) is 11.7 Å². The Bertz CT molecular complexity index is 575. The van der Waals surface area contributed by atoms with Gasteiger partial charge in [-0.1, -0.05) is 82.1 Å². The first kappa shape index (κ1) is 27.5. The molecule has 4 nitrogen and oxygen atoms in total. The number of aliphatic hydroxyl groups is 2. The third-order valence-electron chi connectivity index (χ3n) is 6.03. The first-order valence-corrected chi connectivity index (χ1v) is 12.7. The van der Waals surface area contributed by atoms with Gasteiger partial charge in [0.25, 0.3) is 0 Å². The molecule has 0 radical (unpaired) electrons. The molecule has 1 amide bonds. The number of carbonyl (C=O) groups excluding carboxylic acids is 1. The Balaban J connectivity index is 1.89. The lowest BCUT2D eigenvalue weighted by molar-refractivity contribution is -0.121. The van der Waals surface area contributed by atoms with E-state index >= 15 is 0 Å². The first-order valence-electron chi connectivity index (χ1n) is 12.7. The van der Waals surface area contributed by atoms with Gasteiger partial charge in [0.15, 0.2) is 0 Å². The second kappa shape index (κ2) is 17.1. The van der Waals surface area contributed by atoms with Crippen molar-refractivity contribution in [1.82, 2.24) is 5.32 Å². The highest BCUT2D eigenvalue weighted by atomic mass is 16.3. The zero-order valence-electron chi connectivity index (χ0n) is 20.1. The Morgan fingerprint density at radius 3 is 2.16 bits per heavy atom. The van der Waals surface area contributed by atoms with Crippen LogP contribution in [-0.2, 0) is 4.79 Å². The predicted molar refractivity (Wildman–Crippen MR) is 131 cm³/mol. The minimum absolute atomic E-state index is 0.00414. The van der Waals surface area contributed by atoms with Crippen molar-refractivity contribution in [3.8, 4) is 0 Å². The van der Waals surface area contributed by atoms with Crippen LogP contribution in [0.4, 0.5) is 0 Å². The van der Waals surface area contributed by atoms with E-state index in [0.29, 0.717) is 25.8 Å². The van der Waals surface area contributed by atoms with Crippen molar-refractivity contribution in [2.75, 3.05) is 6.54 Å². The summed E-state index contributed by atoms with van der Waals surface area (Å²) in [5.74, 6) is 0.115. The van der Waals surface area contributed by atoms with E-state index < -0.39 is 5.60 Å². The van der Waals surface area contributed by atoms with Gasteiger partial charge in [0.2, 0.25) is 5.91 Å². The number of allylic oxidation sites excluding steroid dienone is 4. The van der Waals surface area contributed by atoms with Gasteiger partial charge in [0.05, 0.1) is 0 Å². The number of aliphatic hydroxyl groups excluding tert-OH is 1. The molecule has 4 heteroatoms. The van der Waals surface area contributed by atoms with E-state index in [1.165, 1.54) is 70.6 Å². The summed E-state index contributed by atoms with van der Waals surface area (Å²) in [6.45, 7) is 4.45. The molecule has 0 aromatic rings. The smallest absolute Gasteiger partial charge is 0.220 e. The minimum Gasteiger partial charge on any atom is -0.509 e. The fraction of sp³-hybridized carbons (Fsp3) is 0.741. The summed E-state index contributed by atoms with van der Waals surface area (Å²) in [4.78, 5) is 12.0. The number of amides is 1. The zero-order valence-corrected chi connectivity index (χ0v) is 20.1. The van der Waals surface area contributed by atoms with Crippen LogP contribution in [0.2, 0.25) is 0 Å². The number of hydrogen-bond acceptors (Lipinski definition) is 3. The van der Waals surface area contributed by atoms with Gasteiger partial charge in [0.1, 0.15) is 11.4 Å². The van der Waals surface area contributed by atoms with Crippen molar-refractivity contribution in [3.05, 3.63) is 35.6 Å². The van der Waals surface area contributed by atoms with E-state index in [4.69, 9.17) is 0 Å². The van der Waals surface area contributed by atoms with Crippen molar-refractivity contribution in [1.29, 1.82) is 0 Å². The van der Waals surface area contributed by atoms with Crippen molar-refractivity contribution in [3.63, 3.8) is 0 Å². The van der Waals surface area contributed by atoms with Crippen molar-refractivity contribution in [2.45, 2.75) is 122 Å². The lowest BCUT2D eigenvalue weighted by Crippen LogP contribution is -2.30. The van der Waals surface area contributed by atoms with E-state index in [9.17, 15) is 15.0 Å². The third-order valence-corrected chi connectivity index (χ3v) is 6.03. The van der Waals surface area contributed by atoms with E-state index in [1.807, 2.05) is 6.08 Å². The Morgan fingerprint density at radius 2 is 1.55 bits per heavy atom. The summed E-state index contributed by atoms with van der Waals surface area (Å²) < 4.78 is 0. The van der Waals surface area contributed by atoms with Gasteiger partial charge < -0.3 is 15.5 Å². The van der Waals surface area contributed by atoms with Crippen LogP contribution in [0, 0.1) is 0 Å². The van der Waals surface area contributed by atoms with Crippen LogP contribution >= 0.6 is 0 Å². The van der Waals surface area contributed by atoms with Crippen LogP contribution in [0.5, 0.6) is 0 Å². The first-order chi connectivity index (χ1) is 15.0. The summed E-state index contributed by atoms with van der Waals surface area (Å²) >= 11 is 0. The Labute approximate surface area is 190 Å². The molecule has 0 saturated carbocycles. The quantitative estimate of drug-likeness (QED) is 0.160. The Kier molecular flexibility index (Phi) is 15.1. The summed E-state index contributed by atoms with van der Waals surface area (Å²) in [5, 5.41) is 22.7. The molecule has 3 N–H and O–H groups in total. The molecule has 0 spiro atoms. The highest BCUT2D eigenvalue weighted by molar-refractivity contribution is 5.75. The number of hydrogen-bond donors (Lipinski definition) is 3. The van der Waals surface area contributed by atoms with Gasteiger partial charge >= 0.3 is 0 Å². The van der Waals surface area contributed by atoms with E-state index in [0.717, 1.165) is 18.4 Å². The van der Waals surface area contributed by atoms with Gasteiger partial charge in [-0.15, -0.1) is 0 Å². The monoisotopic (exact) mass is 433 g/mol. The summed E-state index contributed by atoms with van der Waals surface area (Å²) in [7, 11) is 0. The lowest BCUT2D eigenvalue weighted by atomic mass is 9.88. The van der Waals surface area contributed by atoms with Crippen LogP contribution in [0.15, 0.2) is 35.6 Å². The molecular weight excluding hydrogens is 386 g/mol. The van der Waals surface area contributed by atoms with E-state index in [1.54, 1.807) is 13.0 Å². The van der Waals surface area contributed by atoms with Crippen LogP contribution in [0.25, 0.3) is 0 Å². The molecule has 0 aromatic heterocycles. The molecule has 0 aromatic carbocycles.